The highest BCUT2D eigenvalue weighted by Crippen LogP contribution is 2.33. The lowest BCUT2D eigenvalue weighted by Crippen LogP contribution is -2.41. The maximum Gasteiger partial charge on any atom is 0.271 e. The van der Waals surface area contributed by atoms with Gasteiger partial charge in [-0.25, -0.2) is 4.98 Å². The second kappa shape index (κ2) is 13.4. The maximum absolute atomic E-state index is 12.8. The van der Waals surface area contributed by atoms with Gasteiger partial charge in [-0.1, -0.05) is 13.8 Å². The summed E-state index contributed by atoms with van der Waals surface area (Å²) in [6.45, 7) is 10.3. The molecule has 10 nitrogen and oxygen atoms in total. The van der Waals surface area contributed by atoms with Crippen LogP contribution in [0.1, 0.15) is 24.3 Å². The quantitative estimate of drug-likeness (QED) is 0.372. The van der Waals surface area contributed by atoms with E-state index in [2.05, 4.69) is 44.2 Å². The standard InChI is InChI=1S/C28H38N6O4/c1-20(2)29-8-10-34(22-15-23(36-3)18-24(16-22)37-4)21-5-6-25-26(17-21)32-27(19-31-25)28(35)30-7-9-33-11-13-38-14-12-33/h5-6,15-20,29H,7-14H2,1-4H3,(H,30,35). The summed E-state index contributed by atoms with van der Waals surface area (Å²) in [5.74, 6) is 1.18. The van der Waals surface area contributed by atoms with E-state index in [1.165, 1.54) is 6.20 Å². The third kappa shape index (κ3) is 7.31. The first-order valence-electron chi connectivity index (χ1n) is 13.1. The number of methoxy groups -OCH3 is 2. The molecule has 1 fully saturated rings. The molecule has 10 heteroatoms. The van der Waals surface area contributed by atoms with E-state index in [1.807, 2.05) is 36.4 Å². The Labute approximate surface area is 224 Å². The normalized spacial score (nSPS) is 14.0. The molecule has 1 saturated heterocycles. The van der Waals surface area contributed by atoms with Crippen LogP contribution < -0.4 is 25.0 Å². The molecule has 38 heavy (non-hydrogen) atoms. The van der Waals surface area contributed by atoms with Crippen LogP contribution in [0.25, 0.3) is 11.0 Å². The number of rotatable bonds is 12. The zero-order valence-electron chi connectivity index (χ0n) is 22.7. The SMILES string of the molecule is COc1cc(OC)cc(N(CCNC(C)C)c2ccc3ncc(C(=O)NCCN4CCOCC4)nc3c2)c1. The average molecular weight is 523 g/mol. The zero-order chi connectivity index (χ0) is 26.9. The van der Waals surface area contributed by atoms with Gasteiger partial charge in [-0.2, -0.15) is 0 Å². The van der Waals surface area contributed by atoms with Gasteiger partial charge in [-0.15, -0.1) is 0 Å². The number of morpholine rings is 1. The van der Waals surface area contributed by atoms with Gasteiger partial charge in [0.15, 0.2) is 0 Å². The number of carbonyl (C=O) groups is 1. The van der Waals surface area contributed by atoms with E-state index in [1.54, 1.807) is 14.2 Å². The highest BCUT2D eigenvalue weighted by molar-refractivity contribution is 5.94. The predicted octanol–water partition coefficient (Wildman–Crippen LogP) is 2.85. The fourth-order valence-corrected chi connectivity index (χ4v) is 4.34. The number of carbonyl (C=O) groups excluding carboxylic acids is 1. The molecule has 1 aliphatic rings. The minimum Gasteiger partial charge on any atom is -0.497 e. The second-order valence-corrected chi connectivity index (χ2v) is 9.47. The summed E-state index contributed by atoms with van der Waals surface area (Å²) in [7, 11) is 3.28. The molecule has 2 aromatic carbocycles. The Kier molecular flexibility index (Phi) is 9.69. The number of hydrogen-bond donors (Lipinski definition) is 2. The van der Waals surface area contributed by atoms with Crippen molar-refractivity contribution in [1.29, 1.82) is 0 Å². The molecule has 2 heterocycles. The number of hydrogen-bond acceptors (Lipinski definition) is 9. The topological polar surface area (TPSA) is 101 Å². The Hall–Kier alpha value is -3.47. The Bertz CT molecular complexity index is 1190. The van der Waals surface area contributed by atoms with Gasteiger partial charge >= 0.3 is 0 Å². The number of nitrogens with zero attached hydrogens (tertiary/aromatic N) is 4. The van der Waals surface area contributed by atoms with Crippen LogP contribution in [0.15, 0.2) is 42.6 Å². The van der Waals surface area contributed by atoms with Crippen molar-refractivity contribution < 1.29 is 19.0 Å². The van der Waals surface area contributed by atoms with Crippen molar-refractivity contribution in [3.05, 3.63) is 48.3 Å². The van der Waals surface area contributed by atoms with Crippen LogP contribution in [-0.2, 0) is 4.74 Å². The van der Waals surface area contributed by atoms with Crippen molar-refractivity contribution in [3.8, 4) is 11.5 Å². The van der Waals surface area contributed by atoms with Gasteiger partial charge in [0.1, 0.15) is 17.2 Å². The van der Waals surface area contributed by atoms with Crippen molar-refractivity contribution in [3.63, 3.8) is 0 Å². The first kappa shape index (κ1) is 27.6. The highest BCUT2D eigenvalue weighted by atomic mass is 16.5. The molecule has 1 amide bonds. The van der Waals surface area contributed by atoms with Gasteiger partial charge in [0.2, 0.25) is 0 Å². The highest BCUT2D eigenvalue weighted by Gasteiger charge is 2.16. The Morgan fingerprint density at radius 3 is 2.45 bits per heavy atom. The van der Waals surface area contributed by atoms with Gasteiger partial charge in [-0.3, -0.25) is 14.7 Å². The van der Waals surface area contributed by atoms with Gasteiger partial charge in [-0.05, 0) is 18.2 Å². The summed E-state index contributed by atoms with van der Waals surface area (Å²) >= 11 is 0. The lowest BCUT2D eigenvalue weighted by atomic mass is 10.2. The molecule has 1 aliphatic heterocycles. The number of fused-ring (bicyclic) bond motifs is 1. The molecule has 3 aromatic rings. The van der Waals surface area contributed by atoms with Gasteiger partial charge in [0.05, 0.1) is 44.7 Å². The van der Waals surface area contributed by atoms with Crippen molar-refractivity contribution >= 4 is 28.3 Å². The monoisotopic (exact) mass is 522 g/mol. The van der Waals surface area contributed by atoms with Crippen molar-refractivity contribution in [2.24, 2.45) is 0 Å². The van der Waals surface area contributed by atoms with E-state index < -0.39 is 0 Å². The number of benzene rings is 2. The Morgan fingerprint density at radius 1 is 1.03 bits per heavy atom. The molecule has 0 saturated carbocycles. The maximum atomic E-state index is 12.8. The molecule has 0 unspecified atom stereocenters. The first-order chi connectivity index (χ1) is 18.5. The zero-order valence-corrected chi connectivity index (χ0v) is 22.7. The summed E-state index contributed by atoms with van der Waals surface area (Å²) in [6, 6.07) is 12.1. The summed E-state index contributed by atoms with van der Waals surface area (Å²) in [5, 5.41) is 6.45. The number of anilines is 2. The molecule has 0 radical (unpaired) electrons. The van der Waals surface area contributed by atoms with E-state index in [0.29, 0.717) is 41.8 Å². The van der Waals surface area contributed by atoms with Gasteiger partial charge < -0.3 is 29.7 Å². The summed E-state index contributed by atoms with van der Waals surface area (Å²) in [4.78, 5) is 26.4. The second-order valence-electron chi connectivity index (χ2n) is 9.47. The fourth-order valence-electron chi connectivity index (χ4n) is 4.34. The van der Waals surface area contributed by atoms with Crippen LogP contribution in [0, 0.1) is 0 Å². The smallest absolute Gasteiger partial charge is 0.271 e. The van der Waals surface area contributed by atoms with Crippen molar-refractivity contribution in [2.45, 2.75) is 19.9 Å². The summed E-state index contributed by atoms with van der Waals surface area (Å²) in [5.41, 5.74) is 3.53. The third-order valence-electron chi connectivity index (χ3n) is 6.42. The molecule has 204 valence electrons. The van der Waals surface area contributed by atoms with Crippen molar-refractivity contribution in [2.75, 3.05) is 71.6 Å². The molecule has 1 aromatic heterocycles. The van der Waals surface area contributed by atoms with Crippen LogP contribution >= 0.6 is 0 Å². The van der Waals surface area contributed by atoms with E-state index in [-0.39, 0.29) is 5.91 Å². The minimum atomic E-state index is -0.228. The van der Waals surface area contributed by atoms with E-state index in [4.69, 9.17) is 14.2 Å². The third-order valence-corrected chi connectivity index (χ3v) is 6.42. The number of ether oxygens (including phenoxy) is 3. The summed E-state index contributed by atoms with van der Waals surface area (Å²) < 4.78 is 16.4. The fraction of sp³-hybridized carbons (Fsp3) is 0.464. The van der Waals surface area contributed by atoms with Crippen LogP contribution in [0.3, 0.4) is 0 Å². The number of aromatic nitrogens is 2. The molecular weight excluding hydrogens is 484 g/mol. The predicted molar refractivity (Wildman–Crippen MR) is 149 cm³/mol. The first-order valence-corrected chi connectivity index (χ1v) is 13.1. The van der Waals surface area contributed by atoms with Gasteiger partial charge in [0.25, 0.3) is 5.91 Å². The molecule has 0 aliphatic carbocycles. The Balaban J connectivity index is 1.56. The van der Waals surface area contributed by atoms with Crippen LogP contribution in [0.5, 0.6) is 11.5 Å². The lowest BCUT2D eigenvalue weighted by Gasteiger charge is -2.27. The van der Waals surface area contributed by atoms with Crippen LogP contribution in [-0.4, -0.2) is 93.5 Å². The largest absolute Gasteiger partial charge is 0.497 e. The minimum absolute atomic E-state index is 0.228. The molecule has 2 N–H and O–H groups in total. The Morgan fingerprint density at radius 2 is 1.76 bits per heavy atom. The number of amides is 1. The van der Waals surface area contributed by atoms with E-state index >= 15 is 0 Å². The molecule has 4 rings (SSSR count). The molecule has 0 spiro atoms. The average Bonchev–Trinajstić information content (AvgIpc) is 2.94. The lowest BCUT2D eigenvalue weighted by molar-refractivity contribution is 0.0383. The van der Waals surface area contributed by atoms with Gasteiger partial charge in [0, 0.05) is 74.9 Å². The van der Waals surface area contributed by atoms with Crippen LogP contribution in [0.2, 0.25) is 0 Å². The molecule has 0 bridgehead atoms. The van der Waals surface area contributed by atoms with E-state index in [0.717, 1.165) is 56.3 Å². The van der Waals surface area contributed by atoms with Crippen LogP contribution in [0.4, 0.5) is 11.4 Å². The van der Waals surface area contributed by atoms with E-state index in [9.17, 15) is 4.79 Å². The molecule has 0 atom stereocenters. The van der Waals surface area contributed by atoms with Crippen molar-refractivity contribution in [1.82, 2.24) is 25.5 Å². The molecular formula is C28H38N6O4. The summed E-state index contributed by atoms with van der Waals surface area (Å²) in [6.07, 6.45) is 1.53. The number of nitrogens with one attached hydrogen (secondary N) is 2.